The molecule has 3 N–H and O–H groups in total. The number of piperazine rings is 1. The van der Waals surface area contributed by atoms with E-state index in [1.54, 1.807) is 49.9 Å². The number of rotatable bonds is 7. The number of sulfonamides is 1. The molecule has 3 heterocycles. The fourth-order valence-electron chi connectivity index (χ4n) is 5.35. The van der Waals surface area contributed by atoms with E-state index in [0.717, 1.165) is 27.0 Å². The number of hydrogen-bond acceptors (Lipinski definition) is 9. The minimum Gasteiger partial charge on any atom is -0.444 e. The van der Waals surface area contributed by atoms with Crippen molar-refractivity contribution in [2.24, 2.45) is 0 Å². The van der Waals surface area contributed by atoms with Crippen molar-refractivity contribution in [3.05, 3.63) is 59.4 Å². The smallest absolute Gasteiger partial charge is 0.410 e. The zero-order valence-corrected chi connectivity index (χ0v) is 27.5. The van der Waals surface area contributed by atoms with Crippen LogP contribution in [0.15, 0.2) is 53.0 Å². The van der Waals surface area contributed by atoms with Crippen LogP contribution in [0.25, 0.3) is 21.0 Å². The fourth-order valence-corrected chi connectivity index (χ4v) is 8.60. The molecule has 2 aromatic carbocycles. The molecule has 0 spiro atoms. The summed E-state index contributed by atoms with van der Waals surface area (Å²) in [6.07, 6.45) is 1.09. The predicted molar refractivity (Wildman–Crippen MR) is 172 cm³/mol. The number of nitrogens with one attached hydrogen (secondary N) is 1. The molecule has 2 aromatic heterocycles. The Morgan fingerprint density at radius 2 is 1.95 bits per heavy atom. The summed E-state index contributed by atoms with van der Waals surface area (Å²) < 4.78 is 35.6. The number of carbonyl (C=O) groups is 2. The van der Waals surface area contributed by atoms with E-state index in [4.69, 9.17) is 22.1 Å². The second-order valence-corrected chi connectivity index (χ2v) is 15.8. The summed E-state index contributed by atoms with van der Waals surface area (Å²) >= 11 is 7.23. The standard InChI is InChI=1S/C30H35ClN6O5S2/c1-17(2)37(29(39)42-30(3,4)5)24(11-18-6-9-21-22(10-18)33-16-34-28(21)32)23-14-36(15-26(38)35-23)44(40,41)27-12-19-7-8-20(31)13-25(19)43-27/h6-10,12-13,16-17,23-24H,11,14-15H2,1-5H3,(H,35,38)(H2,32,33,34). The summed E-state index contributed by atoms with van der Waals surface area (Å²) in [6.45, 7) is 8.64. The molecule has 234 valence electrons. The van der Waals surface area contributed by atoms with Crippen molar-refractivity contribution in [2.75, 3.05) is 18.8 Å². The number of amides is 2. The molecular weight excluding hydrogens is 624 g/mol. The number of benzene rings is 2. The van der Waals surface area contributed by atoms with Gasteiger partial charge >= 0.3 is 6.09 Å². The van der Waals surface area contributed by atoms with Crippen LogP contribution in [0.3, 0.4) is 0 Å². The van der Waals surface area contributed by atoms with Crippen LogP contribution in [-0.4, -0.2) is 76.4 Å². The Morgan fingerprint density at radius 3 is 2.66 bits per heavy atom. The normalized spacial score (nSPS) is 17.2. The highest BCUT2D eigenvalue weighted by molar-refractivity contribution is 7.91. The van der Waals surface area contributed by atoms with Gasteiger partial charge in [-0.1, -0.05) is 23.7 Å². The summed E-state index contributed by atoms with van der Waals surface area (Å²) in [5.74, 6) is -0.120. The molecule has 1 saturated heterocycles. The van der Waals surface area contributed by atoms with Crippen molar-refractivity contribution < 1.29 is 22.7 Å². The second-order valence-electron chi connectivity index (χ2n) is 12.1. The number of thiophene rings is 1. The Kier molecular flexibility index (Phi) is 8.78. The largest absolute Gasteiger partial charge is 0.444 e. The SMILES string of the molecule is CC(C)N(C(=O)OC(C)(C)C)C(Cc1ccc2c(N)ncnc2c1)C1CN(S(=O)(=O)c2cc3ccc(Cl)cc3s2)CC(=O)N1. The highest BCUT2D eigenvalue weighted by Crippen LogP contribution is 2.34. The van der Waals surface area contributed by atoms with Crippen LogP contribution >= 0.6 is 22.9 Å². The molecule has 2 amide bonds. The fraction of sp³-hybridized carbons (Fsp3) is 0.400. The minimum atomic E-state index is -4.06. The number of anilines is 1. The van der Waals surface area contributed by atoms with E-state index in [0.29, 0.717) is 21.7 Å². The van der Waals surface area contributed by atoms with Crippen LogP contribution in [0.5, 0.6) is 0 Å². The number of carbonyl (C=O) groups excluding carboxylic acids is 2. The van der Waals surface area contributed by atoms with Crippen LogP contribution in [0.2, 0.25) is 5.02 Å². The molecule has 2 unspecified atom stereocenters. The molecule has 0 aliphatic carbocycles. The first-order valence-corrected chi connectivity index (χ1v) is 16.7. The van der Waals surface area contributed by atoms with Crippen LogP contribution in [-0.2, 0) is 26.0 Å². The highest BCUT2D eigenvalue weighted by atomic mass is 35.5. The predicted octanol–water partition coefficient (Wildman–Crippen LogP) is 4.83. The van der Waals surface area contributed by atoms with Gasteiger partial charge in [0.2, 0.25) is 5.91 Å². The van der Waals surface area contributed by atoms with Gasteiger partial charge in [-0.15, -0.1) is 11.3 Å². The maximum Gasteiger partial charge on any atom is 0.410 e. The molecule has 1 aliphatic heterocycles. The zero-order chi connectivity index (χ0) is 32.0. The van der Waals surface area contributed by atoms with Gasteiger partial charge in [0, 0.05) is 27.7 Å². The number of aromatic nitrogens is 2. The minimum absolute atomic E-state index is 0.0531. The molecule has 1 aliphatic rings. The number of nitrogens with two attached hydrogens (primary N) is 1. The van der Waals surface area contributed by atoms with E-state index in [1.807, 2.05) is 32.0 Å². The number of nitrogens with zero attached hydrogens (tertiary/aromatic N) is 4. The molecule has 0 bridgehead atoms. The highest BCUT2D eigenvalue weighted by Gasteiger charge is 2.42. The lowest BCUT2D eigenvalue weighted by Crippen LogP contribution is -2.65. The van der Waals surface area contributed by atoms with E-state index >= 15 is 0 Å². The maximum absolute atomic E-state index is 13.9. The lowest BCUT2D eigenvalue weighted by molar-refractivity contribution is -0.125. The van der Waals surface area contributed by atoms with Crippen molar-refractivity contribution in [2.45, 2.75) is 69.0 Å². The number of fused-ring (bicyclic) bond motifs is 2. The van der Waals surface area contributed by atoms with Crippen molar-refractivity contribution >= 4 is 71.8 Å². The molecule has 44 heavy (non-hydrogen) atoms. The topological polar surface area (TPSA) is 148 Å². The van der Waals surface area contributed by atoms with Crippen molar-refractivity contribution in [3.63, 3.8) is 0 Å². The molecule has 0 radical (unpaired) electrons. The summed E-state index contributed by atoms with van der Waals surface area (Å²) in [4.78, 5) is 36.8. The molecule has 14 heteroatoms. The van der Waals surface area contributed by atoms with E-state index in [2.05, 4.69) is 15.3 Å². The molecule has 2 atom stereocenters. The van der Waals surface area contributed by atoms with E-state index < -0.39 is 39.7 Å². The van der Waals surface area contributed by atoms with Crippen LogP contribution in [0, 0.1) is 0 Å². The average molecular weight is 659 g/mol. The first-order chi connectivity index (χ1) is 20.6. The quantitative estimate of drug-likeness (QED) is 0.287. The van der Waals surface area contributed by atoms with Gasteiger partial charge in [0.1, 0.15) is 22.0 Å². The van der Waals surface area contributed by atoms with Crippen LogP contribution < -0.4 is 11.1 Å². The number of nitrogen functional groups attached to an aromatic ring is 1. The number of ether oxygens (including phenoxy) is 1. The molecule has 1 fully saturated rings. The van der Waals surface area contributed by atoms with Gasteiger partial charge in [-0.2, -0.15) is 4.31 Å². The van der Waals surface area contributed by atoms with Gasteiger partial charge in [-0.05, 0) is 82.3 Å². The van der Waals surface area contributed by atoms with Crippen LogP contribution in [0.4, 0.5) is 10.6 Å². The maximum atomic E-state index is 13.9. The Balaban J connectivity index is 1.53. The second kappa shape index (κ2) is 12.1. The summed E-state index contributed by atoms with van der Waals surface area (Å²) in [6, 6.07) is 10.5. The van der Waals surface area contributed by atoms with Crippen molar-refractivity contribution in [3.8, 4) is 0 Å². The van der Waals surface area contributed by atoms with E-state index in [1.165, 1.54) is 10.6 Å². The Bertz CT molecular complexity index is 1840. The zero-order valence-electron chi connectivity index (χ0n) is 25.1. The third-order valence-corrected chi connectivity index (χ3v) is 10.9. The summed E-state index contributed by atoms with van der Waals surface area (Å²) in [5.41, 5.74) is 6.69. The molecular formula is C30H35ClN6O5S2. The van der Waals surface area contributed by atoms with Gasteiger partial charge in [-0.3, -0.25) is 4.79 Å². The lowest BCUT2D eigenvalue weighted by Gasteiger charge is -2.43. The summed E-state index contributed by atoms with van der Waals surface area (Å²) in [7, 11) is -4.06. The third kappa shape index (κ3) is 6.75. The Morgan fingerprint density at radius 1 is 1.20 bits per heavy atom. The Labute approximate surface area is 265 Å². The van der Waals surface area contributed by atoms with Gasteiger partial charge in [0.15, 0.2) is 0 Å². The molecule has 5 rings (SSSR count). The van der Waals surface area contributed by atoms with Gasteiger partial charge in [0.25, 0.3) is 10.0 Å². The Hall–Kier alpha value is -3.52. The van der Waals surface area contributed by atoms with E-state index in [-0.39, 0.29) is 29.8 Å². The number of halogens is 1. The van der Waals surface area contributed by atoms with Gasteiger partial charge < -0.3 is 20.7 Å². The summed E-state index contributed by atoms with van der Waals surface area (Å²) in [5, 5.41) is 4.90. The molecule has 11 nitrogen and oxygen atoms in total. The van der Waals surface area contributed by atoms with Crippen molar-refractivity contribution in [1.82, 2.24) is 24.5 Å². The first kappa shape index (κ1) is 31.9. The van der Waals surface area contributed by atoms with E-state index in [9.17, 15) is 18.0 Å². The lowest BCUT2D eigenvalue weighted by atomic mass is 9.95. The monoisotopic (exact) mass is 658 g/mol. The van der Waals surface area contributed by atoms with Gasteiger partial charge in [0.05, 0.1) is 24.1 Å². The number of hydrogen-bond donors (Lipinski definition) is 2. The third-order valence-electron chi connectivity index (χ3n) is 7.28. The van der Waals surface area contributed by atoms with Crippen molar-refractivity contribution in [1.29, 1.82) is 0 Å². The average Bonchev–Trinajstić information content (AvgIpc) is 3.35. The first-order valence-electron chi connectivity index (χ1n) is 14.1. The van der Waals surface area contributed by atoms with Gasteiger partial charge in [-0.25, -0.2) is 23.2 Å². The molecule has 4 aromatic rings. The molecule has 0 saturated carbocycles. The van der Waals surface area contributed by atoms with Crippen LogP contribution in [0.1, 0.15) is 40.2 Å².